The molecule has 0 radical (unpaired) electrons. The molecular weight excluding hydrogens is 178 g/mol. The van der Waals surface area contributed by atoms with Gasteiger partial charge in [-0.05, 0) is 6.42 Å². The standard InChI is InChI=1S/C7H13NO5/c9-3-1-2-8(4-6(10)11)5-7(12)13/h9H,1-5H2,(H,10,11)(H,12,13). The molecule has 0 amide bonds. The van der Waals surface area contributed by atoms with Crippen molar-refractivity contribution < 1.29 is 24.9 Å². The minimum Gasteiger partial charge on any atom is -0.480 e. The lowest BCUT2D eigenvalue weighted by Gasteiger charge is -2.16. The minimum absolute atomic E-state index is 0.0737. The molecule has 0 bridgehead atoms. The average molecular weight is 191 g/mol. The van der Waals surface area contributed by atoms with Crippen molar-refractivity contribution in [2.24, 2.45) is 0 Å². The first-order valence-electron chi connectivity index (χ1n) is 3.83. The first kappa shape index (κ1) is 11.9. The molecule has 13 heavy (non-hydrogen) atoms. The number of aliphatic hydroxyl groups is 1. The van der Waals surface area contributed by atoms with Gasteiger partial charge in [0.15, 0.2) is 0 Å². The highest BCUT2D eigenvalue weighted by atomic mass is 16.4. The predicted molar refractivity (Wildman–Crippen MR) is 43.4 cm³/mol. The smallest absolute Gasteiger partial charge is 0.317 e. The van der Waals surface area contributed by atoms with Crippen molar-refractivity contribution in [1.29, 1.82) is 0 Å². The van der Waals surface area contributed by atoms with Crippen molar-refractivity contribution >= 4 is 11.9 Å². The van der Waals surface area contributed by atoms with Crippen LogP contribution in [0.2, 0.25) is 0 Å². The zero-order valence-corrected chi connectivity index (χ0v) is 7.14. The van der Waals surface area contributed by atoms with Crippen molar-refractivity contribution in [3.8, 4) is 0 Å². The largest absolute Gasteiger partial charge is 0.480 e. The molecule has 0 heterocycles. The number of carboxylic acid groups (broad SMARTS) is 2. The van der Waals surface area contributed by atoms with Gasteiger partial charge in [-0.3, -0.25) is 14.5 Å². The number of nitrogens with zero attached hydrogens (tertiary/aromatic N) is 1. The third-order valence-electron chi connectivity index (χ3n) is 1.35. The molecule has 0 aromatic rings. The maximum Gasteiger partial charge on any atom is 0.317 e. The van der Waals surface area contributed by atoms with E-state index in [1.807, 2.05) is 0 Å². The summed E-state index contributed by atoms with van der Waals surface area (Å²) in [4.78, 5) is 21.8. The Hall–Kier alpha value is -1.14. The van der Waals surface area contributed by atoms with Crippen LogP contribution in [0.1, 0.15) is 6.42 Å². The van der Waals surface area contributed by atoms with Crippen LogP contribution in [0.25, 0.3) is 0 Å². The van der Waals surface area contributed by atoms with Gasteiger partial charge in [-0.1, -0.05) is 0 Å². The monoisotopic (exact) mass is 191 g/mol. The number of hydrogen-bond donors (Lipinski definition) is 3. The molecule has 0 spiro atoms. The molecule has 0 saturated carbocycles. The zero-order valence-electron chi connectivity index (χ0n) is 7.14. The maximum atomic E-state index is 10.3. The van der Waals surface area contributed by atoms with E-state index in [9.17, 15) is 9.59 Å². The number of aliphatic hydroxyl groups excluding tert-OH is 1. The van der Waals surface area contributed by atoms with Crippen LogP contribution in [0.15, 0.2) is 0 Å². The second-order valence-corrected chi connectivity index (χ2v) is 2.58. The van der Waals surface area contributed by atoms with Gasteiger partial charge in [0.2, 0.25) is 0 Å². The highest BCUT2D eigenvalue weighted by molar-refractivity contribution is 5.72. The fourth-order valence-electron chi connectivity index (χ4n) is 0.891. The molecule has 0 atom stereocenters. The molecule has 3 N–H and O–H groups in total. The minimum atomic E-state index is -1.07. The fourth-order valence-corrected chi connectivity index (χ4v) is 0.891. The third-order valence-corrected chi connectivity index (χ3v) is 1.35. The Balaban J connectivity index is 3.87. The summed E-state index contributed by atoms with van der Waals surface area (Å²) in [5.41, 5.74) is 0. The lowest BCUT2D eigenvalue weighted by molar-refractivity contribution is -0.141. The number of rotatable bonds is 7. The molecule has 6 heteroatoms. The van der Waals surface area contributed by atoms with Crippen LogP contribution in [-0.2, 0) is 9.59 Å². The van der Waals surface area contributed by atoms with Crippen molar-refractivity contribution in [1.82, 2.24) is 4.90 Å². The average Bonchev–Trinajstić information content (AvgIpc) is 1.98. The summed E-state index contributed by atoms with van der Waals surface area (Å²) in [6, 6.07) is 0. The molecule has 0 aliphatic heterocycles. The summed E-state index contributed by atoms with van der Waals surface area (Å²) >= 11 is 0. The molecule has 0 aromatic heterocycles. The fraction of sp³-hybridized carbons (Fsp3) is 0.714. The number of aliphatic carboxylic acids is 2. The second kappa shape index (κ2) is 6.38. The lowest BCUT2D eigenvalue weighted by Crippen LogP contribution is -2.35. The quantitative estimate of drug-likeness (QED) is 0.469. The van der Waals surface area contributed by atoms with Crippen molar-refractivity contribution in [2.45, 2.75) is 6.42 Å². The van der Waals surface area contributed by atoms with Crippen LogP contribution in [0, 0.1) is 0 Å². The summed E-state index contributed by atoms with van der Waals surface area (Å²) in [6.07, 6.45) is 0.376. The van der Waals surface area contributed by atoms with Gasteiger partial charge in [-0.25, -0.2) is 0 Å². The maximum absolute atomic E-state index is 10.3. The van der Waals surface area contributed by atoms with Gasteiger partial charge in [-0.15, -0.1) is 0 Å². The zero-order chi connectivity index (χ0) is 10.3. The van der Waals surface area contributed by atoms with Crippen molar-refractivity contribution in [3.05, 3.63) is 0 Å². The summed E-state index contributed by atoms with van der Waals surface area (Å²) in [5, 5.41) is 25.3. The van der Waals surface area contributed by atoms with Gasteiger partial charge in [0.05, 0.1) is 13.1 Å². The van der Waals surface area contributed by atoms with Crippen molar-refractivity contribution in [2.75, 3.05) is 26.2 Å². The Bertz CT molecular complexity index is 166. The van der Waals surface area contributed by atoms with E-state index < -0.39 is 11.9 Å². The van der Waals surface area contributed by atoms with E-state index in [1.165, 1.54) is 4.90 Å². The Morgan fingerprint density at radius 1 is 1.08 bits per heavy atom. The van der Waals surface area contributed by atoms with Crippen LogP contribution < -0.4 is 0 Å². The molecule has 0 rings (SSSR count). The second-order valence-electron chi connectivity index (χ2n) is 2.58. The molecule has 0 unspecified atom stereocenters. The Morgan fingerprint density at radius 3 is 1.85 bits per heavy atom. The molecule has 0 aliphatic carbocycles. The summed E-state index contributed by atoms with van der Waals surface area (Å²) < 4.78 is 0. The first-order chi connectivity index (χ1) is 6.06. The molecule has 76 valence electrons. The molecule has 0 saturated heterocycles. The topological polar surface area (TPSA) is 98.1 Å². The first-order valence-corrected chi connectivity index (χ1v) is 3.83. The number of carboxylic acids is 2. The van der Waals surface area contributed by atoms with Gasteiger partial charge in [0.1, 0.15) is 0 Å². The van der Waals surface area contributed by atoms with E-state index in [-0.39, 0.29) is 26.2 Å². The Morgan fingerprint density at radius 2 is 1.54 bits per heavy atom. The van der Waals surface area contributed by atoms with Crippen LogP contribution in [0.4, 0.5) is 0 Å². The van der Waals surface area contributed by atoms with Crippen LogP contribution in [-0.4, -0.2) is 58.4 Å². The van der Waals surface area contributed by atoms with Gasteiger partial charge in [0.25, 0.3) is 0 Å². The van der Waals surface area contributed by atoms with Gasteiger partial charge in [-0.2, -0.15) is 0 Å². The highest BCUT2D eigenvalue weighted by Gasteiger charge is 2.12. The molecule has 0 aliphatic rings. The van der Waals surface area contributed by atoms with E-state index in [0.717, 1.165) is 0 Å². The summed E-state index contributed by atoms with van der Waals surface area (Å²) in [5.74, 6) is -2.14. The van der Waals surface area contributed by atoms with Crippen LogP contribution >= 0.6 is 0 Å². The number of hydrogen-bond acceptors (Lipinski definition) is 4. The van der Waals surface area contributed by atoms with E-state index in [2.05, 4.69) is 0 Å². The molecule has 0 fully saturated rings. The lowest BCUT2D eigenvalue weighted by atomic mass is 10.4. The highest BCUT2D eigenvalue weighted by Crippen LogP contribution is 1.91. The normalized spacial score (nSPS) is 10.3. The van der Waals surface area contributed by atoms with E-state index in [0.29, 0.717) is 6.42 Å². The molecule has 0 aromatic carbocycles. The number of carbonyl (C=O) groups is 2. The van der Waals surface area contributed by atoms with E-state index >= 15 is 0 Å². The van der Waals surface area contributed by atoms with Gasteiger partial charge >= 0.3 is 11.9 Å². The third kappa shape index (κ3) is 7.23. The van der Waals surface area contributed by atoms with E-state index in [4.69, 9.17) is 15.3 Å². The molecule has 6 nitrogen and oxygen atoms in total. The van der Waals surface area contributed by atoms with E-state index in [1.54, 1.807) is 0 Å². The Kier molecular flexibility index (Phi) is 5.82. The summed E-state index contributed by atoms with van der Waals surface area (Å²) in [7, 11) is 0. The Labute approximate surface area is 75.4 Å². The van der Waals surface area contributed by atoms with Crippen LogP contribution in [0.3, 0.4) is 0 Å². The van der Waals surface area contributed by atoms with Crippen molar-refractivity contribution in [3.63, 3.8) is 0 Å². The van der Waals surface area contributed by atoms with Gasteiger partial charge in [0, 0.05) is 13.2 Å². The van der Waals surface area contributed by atoms with Gasteiger partial charge < -0.3 is 15.3 Å². The SMILES string of the molecule is O=C(O)CN(CCCO)CC(=O)O. The predicted octanol–water partition coefficient (Wildman–Crippen LogP) is -1.16. The van der Waals surface area contributed by atoms with Crippen LogP contribution in [0.5, 0.6) is 0 Å². The molecular formula is C7H13NO5. The summed E-state index contributed by atoms with van der Waals surface area (Å²) in [6.45, 7) is -0.427.